The van der Waals surface area contributed by atoms with Gasteiger partial charge >= 0.3 is 0 Å². The van der Waals surface area contributed by atoms with E-state index in [0.29, 0.717) is 19.4 Å². The maximum atomic E-state index is 12.5. The van der Waals surface area contributed by atoms with Crippen LogP contribution in [0.4, 0.5) is 0 Å². The quantitative estimate of drug-likeness (QED) is 0.761. The van der Waals surface area contributed by atoms with Crippen LogP contribution in [0.15, 0.2) is 0 Å². The van der Waals surface area contributed by atoms with E-state index in [2.05, 4.69) is 11.2 Å². The molecule has 1 aliphatic rings. The Morgan fingerprint density at radius 2 is 2.11 bits per heavy atom. The molecule has 1 saturated heterocycles. The van der Waals surface area contributed by atoms with Crippen LogP contribution in [0, 0.1) is 18.3 Å². The van der Waals surface area contributed by atoms with Crippen LogP contribution >= 0.6 is 0 Å². The van der Waals surface area contributed by atoms with Gasteiger partial charge in [0.2, 0.25) is 11.8 Å². The van der Waals surface area contributed by atoms with Crippen molar-refractivity contribution in [1.29, 1.82) is 0 Å². The maximum absolute atomic E-state index is 12.5. The third-order valence-corrected chi connectivity index (χ3v) is 3.57. The third kappa shape index (κ3) is 2.50. The molecule has 4 nitrogen and oxygen atoms in total. The van der Waals surface area contributed by atoms with Crippen molar-refractivity contribution in [2.24, 2.45) is 5.92 Å². The number of nitrogens with one attached hydrogen (secondary N) is 1. The van der Waals surface area contributed by atoms with Crippen LogP contribution < -0.4 is 5.32 Å². The lowest BCUT2D eigenvalue weighted by Gasteiger charge is -2.45. The van der Waals surface area contributed by atoms with E-state index < -0.39 is 11.6 Å². The third-order valence-electron chi connectivity index (χ3n) is 3.57. The molecule has 1 N–H and O–H groups in total. The molecule has 18 heavy (non-hydrogen) atoms. The lowest BCUT2D eigenvalue weighted by atomic mass is 9.88. The minimum Gasteiger partial charge on any atom is -0.340 e. The number of carbonyl (C=O) groups excluding carboxylic acids is 2. The van der Waals surface area contributed by atoms with Crippen LogP contribution in [0.5, 0.6) is 0 Å². The molecule has 100 valence electrons. The number of carbonyl (C=O) groups is 2. The molecule has 0 aromatic heterocycles. The molecule has 0 aliphatic carbocycles. The summed E-state index contributed by atoms with van der Waals surface area (Å²) in [5, 5.41) is 2.85. The first-order valence-electron chi connectivity index (χ1n) is 6.44. The lowest BCUT2D eigenvalue weighted by molar-refractivity contribution is -0.156. The normalized spacial score (nSPS) is 28.2. The van der Waals surface area contributed by atoms with E-state index in [-0.39, 0.29) is 17.7 Å². The summed E-state index contributed by atoms with van der Waals surface area (Å²) < 4.78 is 0. The number of hydrogen-bond donors (Lipinski definition) is 1. The van der Waals surface area contributed by atoms with Crippen molar-refractivity contribution in [1.82, 2.24) is 10.2 Å². The zero-order chi connectivity index (χ0) is 13.9. The minimum atomic E-state index is -0.795. The van der Waals surface area contributed by atoms with Gasteiger partial charge in [-0.1, -0.05) is 20.8 Å². The van der Waals surface area contributed by atoms with Crippen molar-refractivity contribution in [3.63, 3.8) is 0 Å². The Kier molecular flexibility index (Phi) is 4.39. The number of hydrogen-bond acceptors (Lipinski definition) is 2. The van der Waals surface area contributed by atoms with E-state index in [0.717, 1.165) is 0 Å². The zero-order valence-electron chi connectivity index (χ0n) is 11.6. The molecule has 1 fully saturated rings. The SMILES string of the molecule is C#CCCN1C(=O)C(C)(CC)NC(=O)C1C(C)C. The molecule has 1 heterocycles. The molecule has 2 atom stereocenters. The zero-order valence-corrected chi connectivity index (χ0v) is 11.6. The molecular weight excluding hydrogens is 228 g/mol. The summed E-state index contributed by atoms with van der Waals surface area (Å²) in [7, 11) is 0. The van der Waals surface area contributed by atoms with Crippen molar-refractivity contribution in [2.75, 3.05) is 6.54 Å². The van der Waals surface area contributed by atoms with Crippen LogP contribution in [0.25, 0.3) is 0 Å². The first kappa shape index (κ1) is 14.6. The van der Waals surface area contributed by atoms with Gasteiger partial charge in [-0.05, 0) is 19.3 Å². The molecule has 0 bridgehead atoms. The lowest BCUT2D eigenvalue weighted by Crippen LogP contribution is -2.70. The number of amides is 2. The molecule has 0 aromatic carbocycles. The summed E-state index contributed by atoms with van der Waals surface area (Å²) in [5.41, 5.74) is -0.795. The molecule has 4 heteroatoms. The average Bonchev–Trinajstić information content (AvgIpc) is 2.31. The highest BCUT2D eigenvalue weighted by molar-refractivity contribution is 5.99. The molecule has 0 radical (unpaired) electrons. The van der Waals surface area contributed by atoms with Crippen molar-refractivity contribution >= 4 is 11.8 Å². The molecule has 1 rings (SSSR count). The van der Waals surface area contributed by atoms with Gasteiger partial charge in [0.1, 0.15) is 11.6 Å². The maximum Gasteiger partial charge on any atom is 0.248 e. The minimum absolute atomic E-state index is 0.0291. The van der Waals surface area contributed by atoms with Gasteiger partial charge < -0.3 is 10.2 Å². The fraction of sp³-hybridized carbons (Fsp3) is 0.714. The van der Waals surface area contributed by atoms with Gasteiger partial charge in [0.15, 0.2) is 0 Å². The Balaban J connectivity index is 3.05. The van der Waals surface area contributed by atoms with Gasteiger partial charge in [0.05, 0.1) is 0 Å². The first-order chi connectivity index (χ1) is 8.37. The molecule has 2 unspecified atom stereocenters. The summed E-state index contributed by atoms with van der Waals surface area (Å²) in [5.74, 6) is 2.50. The van der Waals surface area contributed by atoms with Crippen molar-refractivity contribution < 1.29 is 9.59 Å². The number of rotatable bonds is 4. The van der Waals surface area contributed by atoms with Gasteiger partial charge in [-0.25, -0.2) is 0 Å². The van der Waals surface area contributed by atoms with Crippen LogP contribution in [0.3, 0.4) is 0 Å². The Hall–Kier alpha value is -1.50. The second kappa shape index (κ2) is 5.43. The number of piperazine rings is 1. The van der Waals surface area contributed by atoms with E-state index in [9.17, 15) is 9.59 Å². The van der Waals surface area contributed by atoms with Gasteiger partial charge in [-0.3, -0.25) is 9.59 Å². The Labute approximate surface area is 109 Å². The molecule has 1 aliphatic heterocycles. The molecule has 0 spiro atoms. The van der Waals surface area contributed by atoms with Gasteiger partial charge in [-0.2, -0.15) is 0 Å². The highest BCUT2D eigenvalue weighted by Crippen LogP contribution is 2.25. The van der Waals surface area contributed by atoms with E-state index in [1.54, 1.807) is 11.8 Å². The second-order valence-electron chi connectivity index (χ2n) is 5.32. The Bertz CT molecular complexity index is 384. The van der Waals surface area contributed by atoms with Crippen LogP contribution in [-0.4, -0.2) is 34.8 Å². The van der Waals surface area contributed by atoms with Gasteiger partial charge in [0, 0.05) is 13.0 Å². The fourth-order valence-electron chi connectivity index (χ4n) is 2.31. The summed E-state index contributed by atoms with van der Waals surface area (Å²) in [6, 6.07) is -0.412. The smallest absolute Gasteiger partial charge is 0.248 e. The monoisotopic (exact) mass is 250 g/mol. The van der Waals surface area contributed by atoms with E-state index >= 15 is 0 Å². The standard InChI is InChI=1S/C14H22N2O2/c1-6-8-9-16-11(10(3)4)12(17)15-14(5,7-2)13(16)18/h1,10-11H,7-9H2,2-5H3,(H,15,17). The van der Waals surface area contributed by atoms with Crippen LogP contribution in [0.1, 0.15) is 40.5 Å². The predicted molar refractivity (Wildman–Crippen MR) is 70.6 cm³/mol. The fourth-order valence-corrected chi connectivity index (χ4v) is 2.31. The summed E-state index contributed by atoms with van der Waals surface area (Å²) in [4.78, 5) is 26.3. The van der Waals surface area contributed by atoms with E-state index in [1.165, 1.54) is 0 Å². The predicted octanol–water partition coefficient (Wildman–Crippen LogP) is 1.16. The number of nitrogens with zero attached hydrogens (tertiary/aromatic N) is 1. The Morgan fingerprint density at radius 1 is 1.50 bits per heavy atom. The Morgan fingerprint density at radius 3 is 2.56 bits per heavy atom. The van der Waals surface area contributed by atoms with Crippen LogP contribution in [0.2, 0.25) is 0 Å². The summed E-state index contributed by atoms with van der Waals surface area (Å²) in [6.45, 7) is 7.99. The molecule has 0 saturated carbocycles. The highest BCUT2D eigenvalue weighted by Gasteiger charge is 2.47. The average molecular weight is 250 g/mol. The second-order valence-corrected chi connectivity index (χ2v) is 5.32. The summed E-state index contributed by atoms with van der Waals surface area (Å²) in [6.07, 6.45) is 6.31. The van der Waals surface area contributed by atoms with Crippen molar-refractivity contribution in [3.8, 4) is 12.3 Å². The highest BCUT2D eigenvalue weighted by atomic mass is 16.2. The molecule has 2 amide bonds. The largest absolute Gasteiger partial charge is 0.340 e. The first-order valence-corrected chi connectivity index (χ1v) is 6.44. The van der Waals surface area contributed by atoms with E-state index in [1.807, 2.05) is 20.8 Å². The van der Waals surface area contributed by atoms with Gasteiger partial charge in [-0.15, -0.1) is 12.3 Å². The van der Waals surface area contributed by atoms with Crippen LogP contribution in [-0.2, 0) is 9.59 Å². The van der Waals surface area contributed by atoms with E-state index in [4.69, 9.17) is 6.42 Å². The topological polar surface area (TPSA) is 49.4 Å². The van der Waals surface area contributed by atoms with Gasteiger partial charge in [0.25, 0.3) is 0 Å². The molecular formula is C14H22N2O2. The number of terminal acetylenes is 1. The summed E-state index contributed by atoms with van der Waals surface area (Å²) >= 11 is 0. The van der Waals surface area contributed by atoms with Crippen molar-refractivity contribution in [2.45, 2.75) is 52.1 Å². The molecule has 0 aromatic rings. The van der Waals surface area contributed by atoms with Crippen molar-refractivity contribution in [3.05, 3.63) is 0 Å².